The number of likely N-dealkylation sites (N-methyl/N-ethyl adjacent to an activating group) is 1. The fourth-order valence-electron chi connectivity index (χ4n) is 1.86. The van der Waals surface area contributed by atoms with Gasteiger partial charge in [-0.1, -0.05) is 13.8 Å². The van der Waals surface area contributed by atoms with Crippen molar-refractivity contribution < 1.29 is 0 Å². The van der Waals surface area contributed by atoms with E-state index in [1.54, 1.807) is 0 Å². The van der Waals surface area contributed by atoms with Crippen molar-refractivity contribution in [3.63, 3.8) is 0 Å². The van der Waals surface area contributed by atoms with Gasteiger partial charge in [0.1, 0.15) is 0 Å². The van der Waals surface area contributed by atoms with E-state index < -0.39 is 0 Å². The molecule has 0 aliphatic heterocycles. The Labute approximate surface area is 95.4 Å². The molecule has 0 bridgehead atoms. The van der Waals surface area contributed by atoms with Crippen LogP contribution in [0, 0.1) is 11.8 Å². The second kappa shape index (κ2) is 5.31. The van der Waals surface area contributed by atoms with Gasteiger partial charge in [-0.2, -0.15) is 0 Å². The molecule has 0 heterocycles. The lowest BCUT2D eigenvalue weighted by atomic mass is 10.0. The molecule has 0 amide bonds. The first kappa shape index (κ1) is 13.0. The molecule has 2 atom stereocenters. The molecule has 90 valence electrons. The lowest BCUT2D eigenvalue weighted by Crippen LogP contribution is -2.42. The second-order valence-corrected chi connectivity index (χ2v) is 5.90. The van der Waals surface area contributed by atoms with Crippen LogP contribution in [-0.4, -0.2) is 37.1 Å². The van der Waals surface area contributed by atoms with Crippen LogP contribution in [0.1, 0.15) is 40.5 Å². The molecule has 1 aliphatic rings. The van der Waals surface area contributed by atoms with Crippen molar-refractivity contribution in [2.24, 2.45) is 11.8 Å². The summed E-state index contributed by atoms with van der Waals surface area (Å²) < 4.78 is 0. The Bertz CT molecular complexity index is 189. The lowest BCUT2D eigenvalue weighted by Gasteiger charge is -2.26. The highest BCUT2D eigenvalue weighted by Crippen LogP contribution is 2.37. The maximum Gasteiger partial charge on any atom is 0.0123 e. The molecule has 1 fully saturated rings. The van der Waals surface area contributed by atoms with Gasteiger partial charge in [-0.05, 0) is 45.6 Å². The van der Waals surface area contributed by atoms with Crippen LogP contribution >= 0.6 is 0 Å². The second-order valence-electron chi connectivity index (χ2n) is 5.90. The van der Waals surface area contributed by atoms with Gasteiger partial charge in [-0.3, -0.25) is 0 Å². The number of hydrogen-bond acceptors (Lipinski definition) is 2. The molecule has 0 saturated heterocycles. The van der Waals surface area contributed by atoms with E-state index in [4.69, 9.17) is 0 Å². The number of hydrogen-bond donors (Lipinski definition) is 1. The third-order valence-corrected chi connectivity index (χ3v) is 3.80. The molecule has 1 rings (SSSR count). The lowest BCUT2D eigenvalue weighted by molar-refractivity contribution is 0.287. The van der Waals surface area contributed by atoms with Crippen LogP contribution in [0.25, 0.3) is 0 Å². The summed E-state index contributed by atoms with van der Waals surface area (Å²) in [6, 6.07) is 0. The van der Waals surface area contributed by atoms with Crippen LogP contribution in [0.3, 0.4) is 0 Å². The van der Waals surface area contributed by atoms with Crippen molar-refractivity contribution >= 4 is 0 Å². The van der Waals surface area contributed by atoms with Crippen LogP contribution in [-0.2, 0) is 0 Å². The quantitative estimate of drug-likeness (QED) is 0.697. The molecule has 1 N–H and O–H groups in total. The van der Waals surface area contributed by atoms with Gasteiger partial charge in [0.2, 0.25) is 0 Å². The normalized spacial score (nSPS) is 26.0. The highest BCUT2D eigenvalue weighted by Gasteiger charge is 2.32. The van der Waals surface area contributed by atoms with Gasteiger partial charge in [-0.15, -0.1) is 0 Å². The minimum atomic E-state index is 0.299. The molecule has 0 aromatic heterocycles. The molecule has 2 nitrogen and oxygen atoms in total. The van der Waals surface area contributed by atoms with Gasteiger partial charge >= 0.3 is 0 Å². The highest BCUT2D eigenvalue weighted by molar-refractivity contribution is 4.84. The Kier molecular flexibility index (Phi) is 4.60. The largest absolute Gasteiger partial charge is 0.311 e. The summed E-state index contributed by atoms with van der Waals surface area (Å²) >= 11 is 0. The zero-order valence-electron chi connectivity index (χ0n) is 11.1. The minimum absolute atomic E-state index is 0.299. The van der Waals surface area contributed by atoms with E-state index in [1.165, 1.54) is 25.9 Å². The summed E-state index contributed by atoms with van der Waals surface area (Å²) in [6.07, 6.45) is 2.63. The van der Waals surface area contributed by atoms with E-state index in [0.29, 0.717) is 5.54 Å². The van der Waals surface area contributed by atoms with Gasteiger partial charge in [0.05, 0.1) is 0 Å². The fourth-order valence-corrected chi connectivity index (χ4v) is 1.86. The molecule has 15 heavy (non-hydrogen) atoms. The van der Waals surface area contributed by atoms with Crippen LogP contribution in [0.5, 0.6) is 0 Å². The van der Waals surface area contributed by atoms with Gasteiger partial charge in [0.25, 0.3) is 0 Å². The molecule has 0 aromatic rings. The molecule has 1 aliphatic carbocycles. The van der Waals surface area contributed by atoms with Crippen molar-refractivity contribution in [3.05, 3.63) is 0 Å². The van der Waals surface area contributed by atoms with E-state index in [9.17, 15) is 0 Å². The molecular weight excluding hydrogens is 184 g/mol. The van der Waals surface area contributed by atoms with E-state index >= 15 is 0 Å². The van der Waals surface area contributed by atoms with Crippen molar-refractivity contribution in [2.45, 2.75) is 46.1 Å². The zero-order valence-corrected chi connectivity index (χ0v) is 11.1. The van der Waals surface area contributed by atoms with E-state index in [2.05, 4.69) is 45.0 Å². The number of nitrogens with one attached hydrogen (secondary N) is 1. The molecule has 0 spiro atoms. The Morgan fingerprint density at radius 1 is 1.40 bits per heavy atom. The Balaban J connectivity index is 2.04. The Morgan fingerprint density at radius 2 is 2.00 bits per heavy atom. The average molecular weight is 212 g/mol. The highest BCUT2D eigenvalue weighted by atomic mass is 15.1. The molecular formula is C13H28N2. The molecule has 2 heteroatoms. The third-order valence-electron chi connectivity index (χ3n) is 3.80. The summed E-state index contributed by atoms with van der Waals surface area (Å²) in [5.41, 5.74) is 0.299. The van der Waals surface area contributed by atoms with Gasteiger partial charge < -0.3 is 10.2 Å². The predicted molar refractivity (Wildman–Crippen MR) is 67.1 cm³/mol. The topological polar surface area (TPSA) is 15.3 Å². The monoisotopic (exact) mass is 212 g/mol. The Hall–Kier alpha value is -0.0800. The molecule has 2 unspecified atom stereocenters. The van der Waals surface area contributed by atoms with Crippen LogP contribution in [0.2, 0.25) is 0 Å². The maximum atomic E-state index is 3.60. The predicted octanol–water partition coefficient (Wildman–Crippen LogP) is 2.35. The summed E-state index contributed by atoms with van der Waals surface area (Å²) in [4.78, 5) is 2.47. The summed E-state index contributed by atoms with van der Waals surface area (Å²) in [5, 5.41) is 3.60. The fraction of sp³-hybridized carbons (Fsp3) is 1.00. The Morgan fingerprint density at radius 3 is 2.47 bits per heavy atom. The molecule has 0 radical (unpaired) electrons. The maximum absolute atomic E-state index is 3.60. The first-order valence-electron chi connectivity index (χ1n) is 6.38. The SMILES string of the molecule is CCC(C)(C)NCCN(C)CC1CC1C. The first-order chi connectivity index (χ1) is 6.94. The van der Waals surface area contributed by atoms with Gasteiger partial charge in [0, 0.05) is 25.2 Å². The summed E-state index contributed by atoms with van der Waals surface area (Å²) in [5.74, 6) is 1.96. The summed E-state index contributed by atoms with van der Waals surface area (Å²) in [7, 11) is 2.24. The van der Waals surface area contributed by atoms with Crippen molar-refractivity contribution in [1.29, 1.82) is 0 Å². The average Bonchev–Trinajstić information content (AvgIpc) is 2.81. The van der Waals surface area contributed by atoms with E-state index in [-0.39, 0.29) is 0 Å². The van der Waals surface area contributed by atoms with Crippen LogP contribution in [0.15, 0.2) is 0 Å². The first-order valence-corrected chi connectivity index (χ1v) is 6.38. The minimum Gasteiger partial charge on any atom is -0.311 e. The molecule has 1 saturated carbocycles. The van der Waals surface area contributed by atoms with Crippen molar-refractivity contribution in [2.75, 3.05) is 26.7 Å². The standard InChI is InChI=1S/C13H28N2/c1-6-13(3,4)14-7-8-15(5)10-12-9-11(12)2/h11-12,14H,6-10H2,1-5H3. The molecule has 0 aromatic carbocycles. The van der Waals surface area contributed by atoms with Crippen molar-refractivity contribution in [1.82, 2.24) is 10.2 Å². The number of rotatable bonds is 7. The van der Waals surface area contributed by atoms with E-state index in [1.807, 2.05) is 0 Å². The van der Waals surface area contributed by atoms with Gasteiger partial charge in [-0.25, -0.2) is 0 Å². The van der Waals surface area contributed by atoms with Gasteiger partial charge in [0.15, 0.2) is 0 Å². The van der Waals surface area contributed by atoms with E-state index in [0.717, 1.165) is 18.4 Å². The van der Waals surface area contributed by atoms with Crippen LogP contribution < -0.4 is 5.32 Å². The number of nitrogens with zero attached hydrogens (tertiary/aromatic N) is 1. The summed E-state index contributed by atoms with van der Waals surface area (Å²) in [6.45, 7) is 12.7. The third kappa shape index (κ3) is 4.98. The van der Waals surface area contributed by atoms with Crippen molar-refractivity contribution in [3.8, 4) is 0 Å². The zero-order chi connectivity index (χ0) is 11.5. The smallest absolute Gasteiger partial charge is 0.0123 e. The van der Waals surface area contributed by atoms with Crippen LogP contribution in [0.4, 0.5) is 0 Å².